The number of hydrogen-bond donors (Lipinski definition) is 0. The molecule has 5 aliphatic rings. The van der Waals surface area contributed by atoms with Crippen LogP contribution in [0, 0.1) is 23.7 Å². The van der Waals surface area contributed by atoms with Crippen LogP contribution in [0.25, 0.3) is 60.9 Å². The van der Waals surface area contributed by atoms with Crippen molar-refractivity contribution in [2.24, 2.45) is 23.7 Å². The third-order valence-corrected chi connectivity index (χ3v) is 15.2. The van der Waals surface area contributed by atoms with E-state index in [-0.39, 0.29) is 5.41 Å². The molecule has 0 N–H and O–H groups in total. The molecule has 0 atom stereocenters. The maximum Gasteiger partial charge on any atom is 0.0543 e. The Balaban J connectivity index is 0.979. The molecule has 60 heavy (non-hydrogen) atoms. The number of benzene rings is 8. The van der Waals surface area contributed by atoms with E-state index in [4.69, 9.17) is 0 Å². The van der Waals surface area contributed by atoms with Crippen LogP contribution in [0.4, 0.5) is 17.1 Å². The summed E-state index contributed by atoms with van der Waals surface area (Å²) in [4.78, 5) is 2.54. The molecule has 0 radical (unpaired) electrons. The van der Waals surface area contributed by atoms with Crippen LogP contribution in [0.3, 0.4) is 0 Å². The van der Waals surface area contributed by atoms with Crippen LogP contribution in [0.15, 0.2) is 194 Å². The van der Waals surface area contributed by atoms with Gasteiger partial charge in [-0.3, -0.25) is 0 Å². The van der Waals surface area contributed by atoms with E-state index >= 15 is 0 Å². The highest BCUT2D eigenvalue weighted by Crippen LogP contribution is 2.70. The second kappa shape index (κ2) is 13.2. The third-order valence-electron chi connectivity index (χ3n) is 15.2. The molecule has 0 saturated heterocycles. The van der Waals surface area contributed by atoms with Gasteiger partial charge in [0.15, 0.2) is 0 Å². The maximum atomic E-state index is 2.54. The van der Waals surface area contributed by atoms with Crippen molar-refractivity contribution in [3.63, 3.8) is 0 Å². The monoisotopic (exact) mass is 770 g/mol. The number of fused-ring (bicyclic) bond motifs is 6. The number of hydrogen-bond acceptors (Lipinski definition) is 1. The van der Waals surface area contributed by atoms with Crippen molar-refractivity contribution < 1.29 is 0 Å². The lowest BCUT2D eigenvalue weighted by molar-refractivity contribution is -0.0399. The van der Waals surface area contributed by atoms with Gasteiger partial charge >= 0.3 is 0 Å². The second-order valence-corrected chi connectivity index (χ2v) is 18.1. The molecule has 0 amide bonds. The van der Waals surface area contributed by atoms with Crippen LogP contribution >= 0.6 is 0 Å². The molecule has 4 saturated carbocycles. The molecule has 14 rings (SSSR count). The molecular formula is C58H46N2. The van der Waals surface area contributed by atoms with Crippen LogP contribution in [0.2, 0.25) is 0 Å². The molecule has 2 heteroatoms. The van der Waals surface area contributed by atoms with Gasteiger partial charge in [0.25, 0.3) is 0 Å². The standard InChI is InChI=1S/C58H46N2/c1-2-13-40(14-3-1)41-25-29-45(30-26-41)59(56-24-12-20-52-57(56)50-18-4-8-19-51(50)58(52)43-34-38-33-39(36-43)37-44(58)35-38)46-31-27-42(28-32-46)47-15-5-9-21-53(47)60-54-22-10-6-16-48(54)49-17-7-11-23-55(49)60/h1-32,38-39,43-44H,33-37H2. The topological polar surface area (TPSA) is 8.17 Å². The van der Waals surface area contributed by atoms with E-state index < -0.39 is 0 Å². The SMILES string of the molecule is c1ccc(-c2ccc(N(c3ccc(-c4ccccc4-n4c5ccccc5c5ccccc54)cc3)c3cccc4c3-c3ccccc3C43C4CC5CC(C4)CC3C5)cc2)cc1. The maximum absolute atomic E-state index is 2.54. The van der Waals surface area contributed by atoms with Gasteiger partial charge < -0.3 is 9.47 Å². The Morgan fingerprint density at radius 2 is 0.917 bits per heavy atom. The zero-order chi connectivity index (χ0) is 39.4. The van der Waals surface area contributed by atoms with Crippen molar-refractivity contribution in [2.75, 3.05) is 4.90 Å². The molecule has 0 unspecified atom stereocenters. The summed E-state index contributed by atoms with van der Waals surface area (Å²) in [6.07, 6.45) is 6.99. The number of aromatic nitrogens is 1. The van der Waals surface area contributed by atoms with Crippen LogP contribution in [0.1, 0.15) is 43.2 Å². The Morgan fingerprint density at radius 3 is 1.58 bits per heavy atom. The quantitative estimate of drug-likeness (QED) is 0.163. The number of nitrogens with zero attached hydrogens (tertiary/aromatic N) is 2. The minimum atomic E-state index is 0.110. The predicted octanol–water partition coefficient (Wildman–Crippen LogP) is 15.3. The van der Waals surface area contributed by atoms with E-state index in [1.807, 2.05) is 0 Å². The molecule has 5 aliphatic carbocycles. The highest BCUT2D eigenvalue weighted by atomic mass is 15.1. The summed E-state index contributed by atoms with van der Waals surface area (Å²) in [6, 6.07) is 72.7. The van der Waals surface area contributed by atoms with Crippen molar-refractivity contribution in [3.05, 3.63) is 205 Å². The third kappa shape index (κ3) is 4.88. The lowest BCUT2D eigenvalue weighted by atomic mass is 9.43. The molecule has 1 heterocycles. The predicted molar refractivity (Wildman–Crippen MR) is 250 cm³/mol. The molecule has 0 aliphatic heterocycles. The first-order valence-electron chi connectivity index (χ1n) is 22.1. The lowest BCUT2D eigenvalue weighted by Gasteiger charge is -2.61. The van der Waals surface area contributed by atoms with Gasteiger partial charge in [0.1, 0.15) is 0 Å². The van der Waals surface area contributed by atoms with Gasteiger partial charge in [0.05, 0.1) is 22.4 Å². The van der Waals surface area contributed by atoms with E-state index in [1.165, 1.54) is 104 Å². The fourth-order valence-electron chi connectivity index (χ4n) is 13.1. The summed E-state index contributed by atoms with van der Waals surface area (Å²) < 4.78 is 2.44. The summed E-state index contributed by atoms with van der Waals surface area (Å²) in [7, 11) is 0. The Morgan fingerprint density at radius 1 is 0.400 bits per heavy atom. The van der Waals surface area contributed by atoms with Crippen molar-refractivity contribution in [1.29, 1.82) is 0 Å². The van der Waals surface area contributed by atoms with E-state index in [0.29, 0.717) is 0 Å². The zero-order valence-corrected chi connectivity index (χ0v) is 33.7. The van der Waals surface area contributed by atoms with E-state index in [1.54, 1.807) is 11.1 Å². The van der Waals surface area contributed by atoms with Crippen LogP contribution in [0.5, 0.6) is 0 Å². The van der Waals surface area contributed by atoms with Gasteiger partial charge in [-0.25, -0.2) is 0 Å². The number of para-hydroxylation sites is 3. The molecule has 9 aromatic rings. The normalized spacial score (nSPS) is 22.1. The average Bonchev–Trinajstić information content (AvgIpc) is 3.80. The van der Waals surface area contributed by atoms with Crippen LogP contribution in [-0.4, -0.2) is 4.57 Å². The first-order chi connectivity index (χ1) is 29.7. The van der Waals surface area contributed by atoms with E-state index in [2.05, 4.69) is 204 Å². The fourth-order valence-corrected chi connectivity index (χ4v) is 13.1. The zero-order valence-electron chi connectivity index (χ0n) is 33.7. The Labute approximate surface area is 352 Å². The molecule has 1 aromatic heterocycles. The highest BCUT2D eigenvalue weighted by molar-refractivity contribution is 6.09. The smallest absolute Gasteiger partial charge is 0.0543 e. The number of anilines is 3. The molecule has 1 spiro atoms. The molecule has 4 bridgehead atoms. The number of rotatable bonds is 6. The molecule has 2 nitrogen and oxygen atoms in total. The van der Waals surface area contributed by atoms with Gasteiger partial charge in [-0.2, -0.15) is 0 Å². The summed E-state index contributed by atoms with van der Waals surface area (Å²) in [5.74, 6) is 3.27. The Hall–Kier alpha value is -6.64. The minimum absolute atomic E-state index is 0.110. The Bertz CT molecular complexity index is 3020. The summed E-state index contributed by atoms with van der Waals surface area (Å²) >= 11 is 0. The summed E-state index contributed by atoms with van der Waals surface area (Å²) in [6.45, 7) is 0. The van der Waals surface area contributed by atoms with E-state index in [9.17, 15) is 0 Å². The first kappa shape index (κ1) is 34.2. The van der Waals surface area contributed by atoms with Crippen molar-refractivity contribution >= 4 is 38.9 Å². The molecule has 4 fully saturated rings. The second-order valence-electron chi connectivity index (χ2n) is 18.1. The minimum Gasteiger partial charge on any atom is -0.310 e. The molecule has 8 aromatic carbocycles. The van der Waals surface area contributed by atoms with Crippen molar-refractivity contribution in [2.45, 2.75) is 37.5 Å². The van der Waals surface area contributed by atoms with Gasteiger partial charge in [-0.15, -0.1) is 0 Å². The van der Waals surface area contributed by atoms with Crippen LogP contribution in [-0.2, 0) is 5.41 Å². The first-order valence-corrected chi connectivity index (χ1v) is 22.1. The van der Waals surface area contributed by atoms with Crippen LogP contribution < -0.4 is 4.90 Å². The summed E-state index contributed by atoms with van der Waals surface area (Å²) in [5.41, 5.74) is 18.3. The summed E-state index contributed by atoms with van der Waals surface area (Å²) in [5, 5.41) is 2.55. The van der Waals surface area contributed by atoms with Gasteiger partial charge in [0, 0.05) is 38.7 Å². The van der Waals surface area contributed by atoms with Gasteiger partial charge in [0.2, 0.25) is 0 Å². The van der Waals surface area contributed by atoms with Crippen molar-refractivity contribution in [1.82, 2.24) is 4.57 Å². The van der Waals surface area contributed by atoms with Gasteiger partial charge in [-0.05, 0) is 138 Å². The van der Waals surface area contributed by atoms with Gasteiger partial charge in [-0.1, -0.05) is 146 Å². The van der Waals surface area contributed by atoms with Crippen molar-refractivity contribution in [3.8, 4) is 39.1 Å². The fraction of sp³-hybridized carbons (Fsp3) is 0.172. The highest BCUT2D eigenvalue weighted by Gasteiger charge is 2.61. The Kier molecular flexibility index (Phi) is 7.52. The van der Waals surface area contributed by atoms with E-state index in [0.717, 1.165) is 29.4 Å². The largest absolute Gasteiger partial charge is 0.310 e. The average molecular weight is 771 g/mol. The lowest BCUT2D eigenvalue weighted by Crippen LogP contribution is -2.55. The molecular weight excluding hydrogens is 725 g/mol. The molecule has 288 valence electrons.